The number of sulfonamides is 1. The van der Waals surface area contributed by atoms with Crippen LogP contribution < -0.4 is 14.2 Å². The quantitative estimate of drug-likeness (QED) is 0.679. The maximum Gasteiger partial charge on any atom is 0.573 e. The van der Waals surface area contributed by atoms with Crippen molar-refractivity contribution in [1.29, 1.82) is 0 Å². The molecule has 0 bridgehead atoms. The fourth-order valence-electron chi connectivity index (χ4n) is 2.02. The Morgan fingerprint density at radius 3 is 2.63 bits per heavy atom. The van der Waals surface area contributed by atoms with E-state index >= 15 is 0 Å². The van der Waals surface area contributed by atoms with Crippen LogP contribution in [-0.4, -0.2) is 25.7 Å². The van der Waals surface area contributed by atoms with Gasteiger partial charge < -0.3 is 9.47 Å². The van der Waals surface area contributed by atoms with Gasteiger partial charge >= 0.3 is 12.3 Å². The van der Waals surface area contributed by atoms with Crippen molar-refractivity contribution in [2.75, 3.05) is 4.72 Å². The van der Waals surface area contributed by atoms with Crippen molar-refractivity contribution in [2.24, 2.45) is 0 Å². The molecule has 0 spiro atoms. The van der Waals surface area contributed by atoms with Gasteiger partial charge in [-0.25, -0.2) is 8.42 Å². The summed E-state index contributed by atoms with van der Waals surface area (Å²) in [4.78, 5) is 15.0. The van der Waals surface area contributed by atoms with Crippen molar-refractivity contribution in [1.82, 2.24) is 4.98 Å². The minimum absolute atomic E-state index is 0.0400. The number of halogens is 3. The van der Waals surface area contributed by atoms with E-state index < -0.39 is 28.1 Å². The third-order valence-electron chi connectivity index (χ3n) is 3.05. The number of aryl methyl sites for hydroxylation is 1. The molecule has 1 heterocycles. The number of alkyl halides is 3. The van der Waals surface area contributed by atoms with Gasteiger partial charge in [-0.1, -0.05) is 6.92 Å². The number of benzene rings is 1. The SMILES string of the molecule is CCCC(=O)Oc1csc(NS(=O)(=O)c2ccc(OC(F)(F)F)cc2C)n1. The molecule has 0 fully saturated rings. The molecule has 0 saturated carbocycles. The summed E-state index contributed by atoms with van der Waals surface area (Å²) in [6.07, 6.45) is -4.09. The van der Waals surface area contributed by atoms with Gasteiger partial charge in [-0.3, -0.25) is 9.52 Å². The van der Waals surface area contributed by atoms with E-state index in [0.717, 1.165) is 29.5 Å². The standard InChI is InChI=1S/C15H15F3N2O5S2/c1-3-4-13(21)24-12-8-26-14(19-12)20-27(22,23)11-6-5-10(7-9(11)2)25-15(16,17)18/h5-8H,3-4H2,1-2H3,(H,19,20). The molecule has 27 heavy (non-hydrogen) atoms. The minimum atomic E-state index is -4.88. The maximum absolute atomic E-state index is 12.4. The Balaban J connectivity index is 2.15. The van der Waals surface area contributed by atoms with E-state index in [1.807, 2.05) is 0 Å². The Morgan fingerprint density at radius 1 is 1.33 bits per heavy atom. The van der Waals surface area contributed by atoms with Crippen LogP contribution in [0.15, 0.2) is 28.5 Å². The average Bonchev–Trinajstić information content (AvgIpc) is 2.91. The van der Waals surface area contributed by atoms with E-state index in [-0.39, 0.29) is 27.9 Å². The molecule has 2 aromatic rings. The largest absolute Gasteiger partial charge is 0.573 e. The third kappa shape index (κ3) is 6.10. The van der Waals surface area contributed by atoms with E-state index in [4.69, 9.17) is 4.74 Å². The highest BCUT2D eigenvalue weighted by Crippen LogP contribution is 2.29. The lowest BCUT2D eigenvalue weighted by Gasteiger charge is -2.12. The number of aromatic nitrogens is 1. The number of esters is 1. The molecule has 0 aliphatic carbocycles. The molecular formula is C15H15F3N2O5S2. The molecule has 1 aromatic heterocycles. The monoisotopic (exact) mass is 424 g/mol. The van der Waals surface area contributed by atoms with Gasteiger partial charge in [0.25, 0.3) is 10.0 Å². The first-order valence-corrected chi connectivity index (χ1v) is 9.92. The van der Waals surface area contributed by atoms with Gasteiger partial charge in [0.05, 0.1) is 10.3 Å². The Bertz CT molecular complexity index is 926. The summed E-state index contributed by atoms with van der Waals surface area (Å²) in [6, 6.07) is 2.85. The van der Waals surface area contributed by atoms with Crippen LogP contribution in [0.4, 0.5) is 18.3 Å². The van der Waals surface area contributed by atoms with Gasteiger partial charge in [0, 0.05) is 6.42 Å². The number of thiazole rings is 1. The molecule has 0 radical (unpaired) electrons. The van der Waals surface area contributed by atoms with E-state index in [2.05, 4.69) is 14.4 Å². The van der Waals surface area contributed by atoms with Crippen molar-refractivity contribution in [2.45, 2.75) is 37.9 Å². The Kier molecular flexibility index (Phi) is 6.31. The fourth-order valence-corrected chi connectivity index (χ4v) is 4.11. The van der Waals surface area contributed by atoms with E-state index in [1.54, 1.807) is 6.92 Å². The highest BCUT2D eigenvalue weighted by Gasteiger charge is 2.31. The van der Waals surface area contributed by atoms with Crippen LogP contribution in [0.5, 0.6) is 11.6 Å². The molecule has 148 valence electrons. The van der Waals surface area contributed by atoms with Crippen LogP contribution in [0.2, 0.25) is 0 Å². The molecule has 0 aliphatic rings. The zero-order valence-electron chi connectivity index (χ0n) is 14.2. The number of anilines is 1. The van der Waals surface area contributed by atoms with Crippen LogP contribution in [0.25, 0.3) is 0 Å². The fraction of sp³-hybridized carbons (Fsp3) is 0.333. The molecule has 2 rings (SSSR count). The molecule has 0 amide bonds. The zero-order valence-corrected chi connectivity index (χ0v) is 15.8. The van der Waals surface area contributed by atoms with Gasteiger partial charge in [-0.2, -0.15) is 4.98 Å². The molecule has 1 N–H and O–H groups in total. The molecule has 12 heteroatoms. The van der Waals surface area contributed by atoms with Crippen molar-refractivity contribution in [3.05, 3.63) is 29.1 Å². The topological polar surface area (TPSA) is 94.6 Å². The highest BCUT2D eigenvalue weighted by atomic mass is 32.2. The van der Waals surface area contributed by atoms with Crippen LogP contribution in [0.3, 0.4) is 0 Å². The number of carbonyl (C=O) groups is 1. The van der Waals surface area contributed by atoms with Gasteiger partial charge in [0.2, 0.25) is 5.88 Å². The predicted octanol–water partition coefficient (Wildman–Crippen LogP) is 3.86. The number of hydrogen-bond acceptors (Lipinski definition) is 7. The van der Waals surface area contributed by atoms with Crippen LogP contribution in [-0.2, 0) is 14.8 Å². The first kappa shape index (κ1) is 21.0. The van der Waals surface area contributed by atoms with Crippen molar-refractivity contribution in [3.63, 3.8) is 0 Å². The molecule has 7 nitrogen and oxygen atoms in total. The van der Waals surface area contributed by atoms with Crippen molar-refractivity contribution >= 4 is 32.5 Å². The molecular weight excluding hydrogens is 409 g/mol. The second kappa shape index (κ2) is 8.13. The number of nitrogens with zero attached hydrogens (tertiary/aromatic N) is 1. The van der Waals surface area contributed by atoms with Crippen molar-refractivity contribution < 1.29 is 35.9 Å². The van der Waals surface area contributed by atoms with Gasteiger partial charge in [0.15, 0.2) is 5.13 Å². The summed E-state index contributed by atoms with van der Waals surface area (Å²) in [7, 11) is -4.11. The molecule has 0 atom stereocenters. The average molecular weight is 424 g/mol. The lowest BCUT2D eigenvalue weighted by Crippen LogP contribution is -2.18. The first-order chi connectivity index (χ1) is 12.5. The summed E-state index contributed by atoms with van der Waals surface area (Å²) in [5.74, 6) is -1.06. The second-order valence-corrected chi connectivity index (χ2v) is 7.80. The summed E-state index contributed by atoms with van der Waals surface area (Å²) in [6.45, 7) is 3.13. The van der Waals surface area contributed by atoms with E-state index in [0.29, 0.717) is 6.42 Å². The summed E-state index contributed by atoms with van der Waals surface area (Å²) >= 11 is 0.896. The van der Waals surface area contributed by atoms with Gasteiger partial charge in [0.1, 0.15) is 5.75 Å². The van der Waals surface area contributed by atoms with Gasteiger partial charge in [-0.15, -0.1) is 24.5 Å². The number of ether oxygens (including phenoxy) is 2. The lowest BCUT2D eigenvalue weighted by molar-refractivity contribution is -0.274. The first-order valence-electron chi connectivity index (χ1n) is 7.55. The molecule has 0 unspecified atom stereocenters. The lowest BCUT2D eigenvalue weighted by atomic mass is 10.2. The zero-order chi connectivity index (χ0) is 20.2. The van der Waals surface area contributed by atoms with Gasteiger partial charge in [-0.05, 0) is 37.1 Å². The third-order valence-corrected chi connectivity index (χ3v) is 5.41. The number of carbonyl (C=O) groups excluding carboxylic acids is 1. The van der Waals surface area contributed by atoms with Crippen molar-refractivity contribution in [3.8, 4) is 11.6 Å². The Morgan fingerprint density at radius 2 is 2.04 bits per heavy atom. The number of nitrogens with one attached hydrogen (secondary N) is 1. The smallest absolute Gasteiger partial charge is 0.406 e. The van der Waals surface area contributed by atoms with Crippen LogP contribution >= 0.6 is 11.3 Å². The summed E-state index contributed by atoms with van der Waals surface area (Å²) < 4.78 is 72.5. The Labute approximate surface area is 157 Å². The predicted molar refractivity (Wildman–Crippen MR) is 91.3 cm³/mol. The Hall–Kier alpha value is -2.34. The molecule has 0 aliphatic heterocycles. The molecule has 1 aromatic carbocycles. The summed E-state index contributed by atoms with van der Waals surface area (Å²) in [5.41, 5.74) is 0.0513. The second-order valence-electron chi connectivity index (χ2n) is 5.30. The van der Waals surface area contributed by atoms with E-state index in [1.165, 1.54) is 12.3 Å². The number of hydrogen-bond donors (Lipinski definition) is 1. The van der Waals surface area contributed by atoms with Crippen LogP contribution in [0, 0.1) is 6.92 Å². The number of rotatable bonds is 7. The maximum atomic E-state index is 12.4. The highest BCUT2D eigenvalue weighted by molar-refractivity contribution is 7.93. The summed E-state index contributed by atoms with van der Waals surface area (Å²) in [5, 5.41) is 1.31. The van der Waals surface area contributed by atoms with Crippen LogP contribution in [0.1, 0.15) is 25.3 Å². The molecule has 0 saturated heterocycles. The normalized spacial score (nSPS) is 11.9. The van der Waals surface area contributed by atoms with E-state index in [9.17, 15) is 26.4 Å². The minimum Gasteiger partial charge on any atom is -0.406 e.